The Kier molecular flexibility index (Phi) is 2.32. The lowest BCUT2D eigenvalue weighted by molar-refractivity contribution is 0.395. The van der Waals surface area contributed by atoms with E-state index in [1.165, 1.54) is 24.2 Å². The van der Waals surface area contributed by atoms with Gasteiger partial charge in [0.1, 0.15) is 5.82 Å². The van der Waals surface area contributed by atoms with Crippen LogP contribution in [0.25, 0.3) is 5.57 Å². The molecule has 1 aromatic carbocycles. The number of benzene rings is 1. The number of nitrogens with zero attached hydrogens (tertiary/aromatic N) is 1. The van der Waals surface area contributed by atoms with E-state index in [0.717, 1.165) is 12.3 Å². The first-order valence-corrected chi connectivity index (χ1v) is 5.87. The van der Waals surface area contributed by atoms with E-state index in [2.05, 4.69) is 18.0 Å². The van der Waals surface area contributed by atoms with E-state index >= 15 is 0 Å². The minimum Gasteiger partial charge on any atom is -0.305 e. The molecule has 0 bridgehead atoms. The summed E-state index contributed by atoms with van der Waals surface area (Å²) in [7, 11) is 2.18. The molecule has 0 aromatic heterocycles. The Bertz CT molecular complexity index is 421. The zero-order valence-electron chi connectivity index (χ0n) is 9.49. The van der Waals surface area contributed by atoms with Crippen LogP contribution < -0.4 is 0 Å². The SMILES string of the molecule is CN1CC2C=C(c3ccc(F)cc3)CC2C1. The maximum atomic E-state index is 12.8. The summed E-state index contributed by atoms with van der Waals surface area (Å²) >= 11 is 0. The fraction of sp³-hybridized carbons (Fsp3) is 0.429. The van der Waals surface area contributed by atoms with E-state index in [-0.39, 0.29) is 5.82 Å². The van der Waals surface area contributed by atoms with Crippen molar-refractivity contribution in [2.24, 2.45) is 11.8 Å². The van der Waals surface area contributed by atoms with Gasteiger partial charge in [0.25, 0.3) is 0 Å². The number of halogens is 1. The average Bonchev–Trinajstić information content (AvgIpc) is 2.75. The van der Waals surface area contributed by atoms with Crippen LogP contribution in [0.4, 0.5) is 4.39 Å². The first-order chi connectivity index (χ1) is 7.72. The molecule has 84 valence electrons. The van der Waals surface area contributed by atoms with E-state index in [9.17, 15) is 4.39 Å². The number of fused-ring (bicyclic) bond motifs is 1. The van der Waals surface area contributed by atoms with Crippen LogP contribution in [0.5, 0.6) is 0 Å². The quantitative estimate of drug-likeness (QED) is 0.699. The normalized spacial score (nSPS) is 29.2. The monoisotopic (exact) mass is 217 g/mol. The number of hydrogen-bond donors (Lipinski definition) is 0. The number of rotatable bonds is 1. The van der Waals surface area contributed by atoms with E-state index in [1.807, 2.05) is 12.1 Å². The lowest BCUT2D eigenvalue weighted by Gasteiger charge is -2.09. The minimum atomic E-state index is -0.151. The van der Waals surface area contributed by atoms with Gasteiger partial charge in [-0.1, -0.05) is 18.2 Å². The van der Waals surface area contributed by atoms with Gasteiger partial charge in [-0.2, -0.15) is 0 Å². The third-order valence-electron chi connectivity index (χ3n) is 3.79. The summed E-state index contributed by atoms with van der Waals surface area (Å²) in [5, 5.41) is 0. The average molecular weight is 217 g/mol. The third-order valence-corrected chi connectivity index (χ3v) is 3.79. The van der Waals surface area contributed by atoms with Crippen molar-refractivity contribution in [1.29, 1.82) is 0 Å². The van der Waals surface area contributed by atoms with Crippen LogP contribution in [0, 0.1) is 17.7 Å². The molecule has 1 saturated heterocycles. The van der Waals surface area contributed by atoms with Crippen molar-refractivity contribution in [3.05, 3.63) is 41.7 Å². The molecule has 2 aliphatic rings. The van der Waals surface area contributed by atoms with Crippen LogP contribution in [-0.2, 0) is 0 Å². The Morgan fingerprint density at radius 1 is 1.19 bits per heavy atom. The molecule has 0 N–H and O–H groups in total. The molecular weight excluding hydrogens is 201 g/mol. The van der Waals surface area contributed by atoms with Gasteiger partial charge in [-0.05, 0) is 48.6 Å². The van der Waals surface area contributed by atoms with Gasteiger partial charge in [0.15, 0.2) is 0 Å². The van der Waals surface area contributed by atoms with Crippen LogP contribution in [-0.4, -0.2) is 25.0 Å². The van der Waals surface area contributed by atoms with Crippen molar-refractivity contribution in [2.45, 2.75) is 6.42 Å². The fourth-order valence-corrected chi connectivity index (χ4v) is 3.01. The van der Waals surface area contributed by atoms with Crippen LogP contribution in [0.3, 0.4) is 0 Å². The number of hydrogen-bond acceptors (Lipinski definition) is 1. The van der Waals surface area contributed by atoms with Gasteiger partial charge >= 0.3 is 0 Å². The Balaban J connectivity index is 1.83. The second-order valence-electron chi connectivity index (χ2n) is 5.05. The molecule has 0 saturated carbocycles. The van der Waals surface area contributed by atoms with E-state index in [1.54, 1.807) is 12.1 Å². The Labute approximate surface area is 95.6 Å². The van der Waals surface area contributed by atoms with Crippen molar-refractivity contribution in [3.8, 4) is 0 Å². The molecule has 0 amide bonds. The second kappa shape index (κ2) is 3.70. The van der Waals surface area contributed by atoms with Crippen LogP contribution >= 0.6 is 0 Å². The van der Waals surface area contributed by atoms with Crippen LogP contribution in [0.1, 0.15) is 12.0 Å². The molecule has 1 aliphatic heterocycles. The van der Waals surface area contributed by atoms with Crippen LogP contribution in [0.15, 0.2) is 30.3 Å². The lowest BCUT2D eigenvalue weighted by Crippen LogP contribution is -2.14. The summed E-state index contributed by atoms with van der Waals surface area (Å²) in [4.78, 5) is 2.40. The fourth-order valence-electron chi connectivity index (χ4n) is 3.01. The summed E-state index contributed by atoms with van der Waals surface area (Å²) in [6.07, 6.45) is 3.54. The van der Waals surface area contributed by atoms with Crippen molar-refractivity contribution in [3.63, 3.8) is 0 Å². The predicted octanol–water partition coefficient (Wildman–Crippen LogP) is 2.79. The Hall–Kier alpha value is -1.15. The summed E-state index contributed by atoms with van der Waals surface area (Å²) < 4.78 is 12.8. The first kappa shape index (κ1) is 10.0. The standard InChI is InChI=1S/C14H16FN/c1-16-8-12-6-11(7-13(12)9-16)10-2-4-14(15)5-3-10/h2-6,12-13H,7-9H2,1H3. The van der Waals surface area contributed by atoms with Gasteiger partial charge < -0.3 is 4.90 Å². The van der Waals surface area contributed by atoms with Crippen molar-refractivity contribution >= 4 is 5.57 Å². The Morgan fingerprint density at radius 2 is 1.94 bits per heavy atom. The molecular formula is C14H16FN. The molecule has 1 aliphatic carbocycles. The zero-order chi connectivity index (χ0) is 11.1. The molecule has 1 heterocycles. The molecule has 0 radical (unpaired) electrons. The summed E-state index contributed by atoms with van der Waals surface area (Å²) in [5.41, 5.74) is 2.60. The number of allylic oxidation sites excluding steroid dienone is 1. The molecule has 2 unspecified atom stereocenters. The topological polar surface area (TPSA) is 3.24 Å². The van der Waals surface area contributed by atoms with Gasteiger partial charge in [0.05, 0.1) is 0 Å². The highest BCUT2D eigenvalue weighted by atomic mass is 19.1. The van der Waals surface area contributed by atoms with Crippen molar-refractivity contribution < 1.29 is 4.39 Å². The maximum absolute atomic E-state index is 12.8. The largest absolute Gasteiger partial charge is 0.305 e. The molecule has 1 fully saturated rings. The minimum absolute atomic E-state index is 0.151. The van der Waals surface area contributed by atoms with Crippen molar-refractivity contribution in [2.75, 3.05) is 20.1 Å². The number of likely N-dealkylation sites (tertiary alicyclic amines) is 1. The van der Waals surface area contributed by atoms with Gasteiger partial charge in [-0.25, -0.2) is 4.39 Å². The zero-order valence-corrected chi connectivity index (χ0v) is 9.49. The van der Waals surface area contributed by atoms with Gasteiger partial charge in [0, 0.05) is 13.1 Å². The van der Waals surface area contributed by atoms with Gasteiger partial charge in [0.2, 0.25) is 0 Å². The second-order valence-corrected chi connectivity index (χ2v) is 5.05. The Morgan fingerprint density at radius 3 is 2.62 bits per heavy atom. The lowest BCUT2D eigenvalue weighted by atomic mass is 9.98. The van der Waals surface area contributed by atoms with Crippen LogP contribution in [0.2, 0.25) is 0 Å². The summed E-state index contributed by atoms with van der Waals surface area (Å²) in [6.45, 7) is 2.38. The first-order valence-electron chi connectivity index (χ1n) is 5.87. The molecule has 2 atom stereocenters. The van der Waals surface area contributed by atoms with E-state index in [4.69, 9.17) is 0 Å². The highest BCUT2D eigenvalue weighted by molar-refractivity contribution is 5.68. The molecule has 2 heteroatoms. The van der Waals surface area contributed by atoms with Gasteiger partial charge in [-0.3, -0.25) is 0 Å². The third kappa shape index (κ3) is 1.67. The smallest absolute Gasteiger partial charge is 0.123 e. The molecule has 0 spiro atoms. The predicted molar refractivity (Wildman–Crippen MR) is 63.5 cm³/mol. The molecule has 3 rings (SSSR count). The molecule has 1 aromatic rings. The summed E-state index contributed by atoms with van der Waals surface area (Å²) in [6, 6.07) is 6.89. The molecule has 1 nitrogen and oxygen atoms in total. The highest BCUT2D eigenvalue weighted by Crippen LogP contribution is 2.40. The van der Waals surface area contributed by atoms with Gasteiger partial charge in [-0.15, -0.1) is 0 Å². The highest BCUT2D eigenvalue weighted by Gasteiger charge is 2.34. The van der Waals surface area contributed by atoms with E-state index in [0.29, 0.717) is 5.92 Å². The van der Waals surface area contributed by atoms with Crippen molar-refractivity contribution in [1.82, 2.24) is 4.90 Å². The summed E-state index contributed by atoms with van der Waals surface area (Å²) in [5.74, 6) is 1.34. The van der Waals surface area contributed by atoms with E-state index < -0.39 is 0 Å². The maximum Gasteiger partial charge on any atom is 0.123 e. The molecule has 16 heavy (non-hydrogen) atoms.